The maximum Gasteiger partial charge on any atom is 0.330 e. The van der Waals surface area contributed by atoms with Crippen LogP contribution in [0.25, 0.3) is 0 Å². The molecule has 60 valence electrons. The third-order valence-electron chi connectivity index (χ3n) is 1.53. The monoisotopic (exact) mass is 166 g/mol. The van der Waals surface area contributed by atoms with Gasteiger partial charge in [-0.25, -0.2) is 0 Å². The topological polar surface area (TPSA) is 55.8 Å². The highest BCUT2D eigenvalue weighted by atomic mass is 31.2. The Morgan fingerprint density at radius 2 is 2.60 bits per heavy atom. The van der Waals surface area contributed by atoms with Crippen molar-refractivity contribution in [2.24, 2.45) is 5.92 Å². The number of rotatable bonds is 2. The molecule has 1 unspecified atom stereocenters. The summed E-state index contributed by atoms with van der Waals surface area (Å²) in [6.07, 6.45) is 0.347. The SMILES string of the molecule is COP1(=O)C[C@@H](CO)CO1. The normalized spacial score (nSPS) is 40.4. The van der Waals surface area contributed by atoms with Crippen LogP contribution in [0.3, 0.4) is 0 Å². The molecule has 1 aliphatic rings. The van der Waals surface area contributed by atoms with Crippen molar-refractivity contribution in [1.29, 1.82) is 0 Å². The minimum atomic E-state index is -2.78. The summed E-state index contributed by atoms with van der Waals surface area (Å²) in [5, 5.41) is 8.64. The van der Waals surface area contributed by atoms with Crippen molar-refractivity contribution in [2.45, 2.75) is 0 Å². The molecule has 0 amide bonds. The number of hydrogen-bond acceptors (Lipinski definition) is 4. The maximum absolute atomic E-state index is 11.2. The highest BCUT2D eigenvalue weighted by Gasteiger charge is 2.35. The van der Waals surface area contributed by atoms with Gasteiger partial charge in [-0.05, 0) is 0 Å². The summed E-state index contributed by atoms with van der Waals surface area (Å²) in [5.74, 6) is -0.00853. The van der Waals surface area contributed by atoms with Crippen LogP contribution in [-0.2, 0) is 13.6 Å². The Labute approximate surface area is 59.7 Å². The summed E-state index contributed by atoms with van der Waals surface area (Å²) in [5.41, 5.74) is 0. The predicted molar refractivity (Wildman–Crippen MR) is 36.0 cm³/mol. The molecule has 0 saturated carbocycles. The van der Waals surface area contributed by atoms with E-state index >= 15 is 0 Å². The van der Waals surface area contributed by atoms with Gasteiger partial charge in [-0.2, -0.15) is 0 Å². The number of aliphatic hydroxyl groups is 1. The summed E-state index contributed by atoms with van der Waals surface area (Å²) in [7, 11) is -1.42. The first-order chi connectivity index (χ1) is 4.70. The van der Waals surface area contributed by atoms with E-state index in [2.05, 4.69) is 4.52 Å². The maximum atomic E-state index is 11.2. The van der Waals surface area contributed by atoms with Crippen molar-refractivity contribution in [1.82, 2.24) is 0 Å². The molecule has 1 rings (SSSR count). The molecule has 0 bridgehead atoms. The molecule has 0 aromatic heterocycles. The zero-order valence-electron chi connectivity index (χ0n) is 5.82. The van der Waals surface area contributed by atoms with Gasteiger partial charge in [-0.3, -0.25) is 4.57 Å². The number of aliphatic hydroxyl groups excluding tert-OH is 1. The van der Waals surface area contributed by atoms with Gasteiger partial charge >= 0.3 is 7.60 Å². The van der Waals surface area contributed by atoms with Gasteiger partial charge < -0.3 is 14.2 Å². The second-order valence-electron chi connectivity index (χ2n) is 2.32. The third-order valence-corrected chi connectivity index (χ3v) is 3.59. The lowest BCUT2D eigenvalue weighted by atomic mass is 10.2. The van der Waals surface area contributed by atoms with E-state index in [9.17, 15) is 4.57 Å². The van der Waals surface area contributed by atoms with Gasteiger partial charge in [0.2, 0.25) is 0 Å². The first-order valence-corrected chi connectivity index (χ1v) is 4.83. The van der Waals surface area contributed by atoms with Crippen LogP contribution >= 0.6 is 7.60 Å². The summed E-state index contributed by atoms with van der Waals surface area (Å²) >= 11 is 0. The van der Waals surface area contributed by atoms with Gasteiger partial charge in [0.15, 0.2) is 0 Å². The van der Waals surface area contributed by atoms with Crippen LogP contribution in [0.5, 0.6) is 0 Å². The van der Waals surface area contributed by atoms with Crippen molar-refractivity contribution in [3.63, 3.8) is 0 Å². The molecule has 1 fully saturated rings. The van der Waals surface area contributed by atoms with Crippen LogP contribution in [0, 0.1) is 5.92 Å². The summed E-state index contributed by atoms with van der Waals surface area (Å²) in [6, 6.07) is 0. The first kappa shape index (κ1) is 8.21. The minimum absolute atomic E-state index is 0.00853. The number of hydrogen-bond donors (Lipinski definition) is 1. The lowest BCUT2D eigenvalue weighted by molar-refractivity contribution is 0.196. The fourth-order valence-corrected chi connectivity index (χ4v) is 2.53. The van der Waals surface area contributed by atoms with Crippen LogP contribution < -0.4 is 0 Å². The Morgan fingerprint density at radius 1 is 1.90 bits per heavy atom. The van der Waals surface area contributed by atoms with Gasteiger partial charge in [0.1, 0.15) is 0 Å². The molecule has 0 radical (unpaired) electrons. The fraction of sp³-hybridized carbons (Fsp3) is 1.00. The molecule has 2 atom stereocenters. The second-order valence-corrected chi connectivity index (χ2v) is 4.53. The highest BCUT2D eigenvalue weighted by molar-refractivity contribution is 7.54. The smallest absolute Gasteiger partial charge is 0.330 e. The summed E-state index contributed by atoms with van der Waals surface area (Å²) in [4.78, 5) is 0. The first-order valence-electron chi connectivity index (χ1n) is 3.10. The molecule has 1 saturated heterocycles. The second kappa shape index (κ2) is 3.01. The molecular weight excluding hydrogens is 155 g/mol. The zero-order chi connectivity index (χ0) is 7.61. The molecule has 1 heterocycles. The molecular formula is C5H11O4P. The van der Waals surface area contributed by atoms with Crippen LogP contribution in [0.1, 0.15) is 0 Å². The quantitative estimate of drug-likeness (QED) is 0.605. The van der Waals surface area contributed by atoms with Crippen molar-refractivity contribution >= 4 is 7.60 Å². The molecule has 1 aliphatic heterocycles. The van der Waals surface area contributed by atoms with E-state index < -0.39 is 7.60 Å². The van der Waals surface area contributed by atoms with E-state index in [-0.39, 0.29) is 12.5 Å². The Kier molecular flexibility index (Phi) is 2.47. The third kappa shape index (κ3) is 1.58. The standard InChI is InChI=1S/C5H11O4P/c1-8-10(7)4-5(2-6)3-9-10/h5-6H,2-4H2,1H3/t5-,10?/m0/s1. The van der Waals surface area contributed by atoms with Crippen molar-refractivity contribution in [3.05, 3.63) is 0 Å². The Bertz CT molecular complexity index is 158. The Balaban J connectivity index is 2.49. The van der Waals surface area contributed by atoms with E-state index in [1.807, 2.05) is 0 Å². The summed E-state index contributed by atoms with van der Waals surface area (Å²) < 4.78 is 20.7. The highest BCUT2D eigenvalue weighted by Crippen LogP contribution is 2.53. The van der Waals surface area contributed by atoms with E-state index in [1.165, 1.54) is 7.11 Å². The van der Waals surface area contributed by atoms with Gasteiger partial charge in [-0.15, -0.1) is 0 Å². The molecule has 5 heteroatoms. The van der Waals surface area contributed by atoms with Crippen LogP contribution in [0.2, 0.25) is 0 Å². The van der Waals surface area contributed by atoms with E-state index in [1.54, 1.807) is 0 Å². The average Bonchev–Trinajstić information content (AvgIpc) is 2.33. The Morgan fingerprint density at radius 3 is 2.90 bits per heavy atom. The molecule has 0 spiro atoms. The van der Waals surface area contributed by atoms with Gasteiger partial charge in [0.05, 0.1) is 12.8 Å². The zero-order valence-corrected chi connectivity index (χ0v) is 6.71. The van der Waals surface area contributed by atoms with Crippen molar-refractivity contribution < 1.29 is 18.7 Å². The van der Waals surface area contributed by atoms with Gasteiger partial charge in [0, 0.05) is 19.6 Å². The van der Waals surface area contributed by atoms with E-state index in [0.29, 0.717) is 12.8 Å². The molecule has 10 heavy (non-hydrogen) atoms. The average molecular weight is 166 g/mol. The summed E-state index contributed by atoms with van der Waals surface area (Å²) in [6.45, 7) is 0.370. The van der Waals surface area contributed by atoms with E-state index in [4.69, 9.17) is 9.63 Å². The predicted octanol–water partition coefficient (Wildman–Crippen LogP) is 0.465. The fourth-order valence-electron chi connectivity index (χ4n) is 0.878. The lowest BCUT2D eigenvalue weighted by Gasteiger charge is -2.05. The molecule has 4 nitrogen and oxygen atoms in total. The van der Waals surface area contributed by atoms with E-state index in [0.717, 1.165) is 0 Å². The van der Waals surface area contributed by atoms with Gasteiger partial charge in [-0.1, -0.05) is 0 Å². The van der Waals surface area contributed by atoms with Gasteiger partial charge in [0.25, 0.3) is 0 Å². The Hall–Kier alpha value is 0.110. The van der Waals surface area contributed by atoms with Crippen molar-refractivity contribution in [2.75, 3.05) is 26.5 Å². The van der Waals surface area contributed by atoms with Crippen LogP contribution in [-0.4, -0.2) is 31.6 Å². The largest absolute Gasteiger partial charge is 0.396 e. The molecule has 0 aromatic rings. The molecule has 0 aliphatic carbocycles. The minimum Gasteiger partial charge on any atom is -0.396 e. The lowest BCUT2D eigenvalue weighted by Crippen LogP contribution is -2.07. The molecule has 1 N–H and O–H groups in total. The van der Waals surface area contributed by atoms with Crippen LogP contribution in [0.15, 0.2) is 0 Å². The van der Waals surface area contributed by atoms with Crippen molar-refractivity contribution in [3.8, 4) is 0 Å². The molecule has 0 aromatic carbocycles. The van der Waals surface area contributed by atoms with Crippen LogP contribution in [0.4, 0.5) is 0 Å².